The zero-order valence-electron chi connectivity index (χ0n) is 5.21. The fourth-order valence-electron chi connectivity index (χ4n) is 0.629. The van der Waals surface area contributed by atoms with Crippen molar-refractivity contribution in [3.05, 3.63) is 30.1 Å². The van der Waals surface area contributed by atoms with Gasteiger partial charge in [0.2, 0.25) is 0 Å². The molecule has 1 nitrogen and oxygen atoms in total. The Morgan fingerprint density at radius 1 is 1.44 bits per heavy atom. The van der Waals surface area contributed by atoms with Gasteiger partial charge < -0.3 is 0 Å². The zero-order chi connectivity index (χ0) is 6.69. The van der Waals surface area contributed by atoms with E-state index in [2.05, 4.69) is 27.8 Å². The van der Waals surface area contributed by atoms with Crippen molar-refractivity contribution in [3.63, 3.8) is 0 Å². The van der Waals surface area contributed by atoms with Gasteiger partial charge in [0.1, 0.15) is 0 Å². The number of hydrogen-bond donors (Lipinski definition) is 0. The van der Waals surface area contributed by atoms with Crippen molar-refractivity contribution in [1.82, 2.24) is 4.98 Å². The minimum atomic E-state index is 0.431. The summed E-state index contributed by atoms with van der Waals surface area (Å²) in [5.41, 5.74) is 1.27. The molecule has 0 aliphatic carbocycles. The molecule has 0 fully saturated rings. The topological polar surface area (TPSA) is 12.9 Å². The zero-order valence-corrected chi connectivity index (χ0v) is 6.80. The van der Waals surface area contributed by atoms with Crippen LogP contribution in [0.2, 0.25) is 0 Å². The van der Waals surface area contributed by atoms with Gasteiger partial charge in [-0.05, 0) is 24.6 Å². The molecule has 0 N–H and O–H groups in total. The molecule has 1 aromatic rings. The van der Waals surface area contributed by atoms with E-state index in [1.807, 2.05) is 12.1 Å². The lowest BCUT2D eigenvalue weighted by Gasteiger charge is -1.99. The number of hydrogen-bond acceptors (Lipinski definition) is 1. The first-order valence-corrected chi connectivity index (χ1v) is 3.76. The molecule has 0 aliphatic heterocycles. The highest BCUT2D eigenvalue weighted by Gasteiger charge is 1.95. The Morgan fingerprint density at radius 3 is 2.33 bits per heavy atom. The number of rotatable bonds is 1. The van der Waals surface area contributed by atoms with Gasteiger partial charge >= 0.3 is 0 Å². The predicted molar refractivity (Wildman–Crippen MR) is 41.6 cm³/mol. The van der Waals surface area contributed by atoms with E-state index in [4.69, 9.17) is 0 Å². The molecule has 0 radical (unpaired) electrons. The summed E-state index contributed by atoms with van der Waals surface area (Å²) in [5.74, 6) is 0. The lowest BCUT2D eigenvalue weighted by Crippen LogP contribution is -1.81. The summed E-state index contributed by atoms with van der Waals surface area (Å²) in [5, 5.41) is 0. The van der Waals surface area contributed by atoms with Crippen LogP contribution in [0.4, 0.5) is 0 Å². The van der Waals surface area contributed by atoms with Crippen LogP contribution in [0.15, 0.2) is 24.5 Å². The van der Waals surface area contributed by atoms with Gasteiger partial charge in [0.05, 0.1) is 0 Å². The van der Waals surface area contributed by atoms with Gasteiger partial charge in [-0.2, -0.15) is 0 Å². The summed E-state index contributed by atoms with van der Waals surface area (Å²) in [4.78, 5) is 4.34. The van der Waals surface area contributed by atoms with Crippen molar-refractivity contribution < 1.29 is 0 Å². The molecule has 1 aromatic heterocycles. The first-order chi connectivity index (χ1) is 4.30. The van der Waals surface area contributed by atoms with Gasteiger partial charge in [0.15, 0.2) is 0 Å². The fourth-order valence-corrected chi connectivity index (χ4v) is 0.934. The second-order valence-electron chi connectivity index (χ2n) is 1.90. The van der Waals surface area contributed by atoms with Crippen LogP contribution in [0.3, 0.4) is 0 Å². The predicted octanol–water partition coefficient (Wildman–Crippen LogP) is 2.54. The number of alkyl halides is 1. The molecular formula is C7H8BrN. The molecule has 1 rings (SSSR count). The Balaban J connectivity index is 2.85. The van der Waals surface area contributed by atoms with E-state index in [0.29, 0.717) is 4.83 Å². The average Bonchev–Trinajstić information content (AvgIpc) is 1.90. The molecule has 0 bridgehead atoms. The highest BCUT2D eigenvalue weighted by Crippen LogP contribution is 2.19. The Bertz CT molecular complexity index is 172. The van der Waals surface area contributed by atoms with Gasteiger partial charge in [-0.3, -0.25) is 4.98 Å². The van der Waals surface area contributed by atoms with Gasteiger partial charge in [0.25, 0.3) is 0 Å². The quantitative estimate of drug-likeness (QED) is 0.614. The molecule has 0 aromatic carbocycles. The number of halogens is 1. The summed E-state index contributed by atoms with van der Waals surface area (Å²) in [6.45, 7) is 2.09. The molecule has 2 heteroatoms. The van der Waals surface area contributed by atoms with Crippen LogP contribution in [0.25, 0.3) is 0 Å². The Hall–Kier alpha value is -0.370. The van der Waals surface area contributed by atoms with Gasteiger partial charge in [0, 0.05) is 17.2 Å². The SMILES string of the molecule is C[C@H](Br)c1ccncc1. The first kappa shape index (κ1) is 6.75. The molecule has 0 saturated heterocycles. The van der Waals surface area contributed by atoms with Crippen molar-refractivity contribution in [2.75, 3.05) is 0 Å². The van der Waals surface area contributed by atoms with Crippen molar-refractivity contribution in [1.29, 1.82) is 0 Å². The van der Waals surface area contributed by atoms with Gasteiger partial charge in [-0.15, -0.1) is 0 Å². The maximum atomic E-state index is 3.91. The third-order valence-electron chi connectivity index (χ3n) is 1.17. The molecule has 0 amide bonds. The fraction of sp³-hybridized carbons (Fsp3) is 0.286. The Labute approximate surface area is 63.2 Å². The van der Waals surface area contributed by atoms with Crippen LogP contribution in [-0.2, 0) is 0 Å². The maximum absolute atomic E-state index is 3.91. The number of pyridine rings is 1. The van der Waals surface area contributed by atoms with Crippen LogP contribution in [0.5, 0.6) is 0 Å². The van der Waals surface area contributed by atoms with Crippen LogP contribution >= 0.6 is 15.9 Å². The summed E-state index contributed by atoms with van der Waals surface area (Å²) in [7, 11) is 0. The van der Waals surface area contributed by atoms with E-state index in [0.717, 1.165) is 0 Å². The summed E-state index contributed by atoms with van der Waals surface area (Å²) >= 11 is 3.45. The molecular weight excluding hydrogens is 178 g/mol. The molecule has 9 heavy (non-hydrogen) atoms. The van der Waals surface area contributed by atoms with Crippen LogP contribution in [-0.4, -0.2) is 4.98 Å². The number of aromatic nitrogens is 1. The Kier molecular flexibility index (Phi) is 2.22. The molecule has 0 aliphatic rings. The second kappa shape index (κ2) is 2.97. The van der Waals surface area contributed by atoms with E-state index in [1.54, 1.807) is 12.4 Å². The summed E-state index contributed by atoms with van der Waals surface area (Å²) in [6, 6.07) is 4.00. The standard InChI is InChI=1S/C7H8BrN/c1-6(8)7-2-4-9-5-3-7/h2-6H,1H3/t6-/m0/s1. The van der Waals surface area contributed by atoms with Crippen LogP contribution in [0, 0.1) is 0 Å². The highest BCUT2D eigenvalue weighted by molar-refractivity contribution is 9.09. The summed E-state index contributed by atoms with van der Waals surface area (Å²) < 4.78 is 0. The monoisotopic (exact) mass is 185 g/mol. The van der Waals surface area contributed by atoms with Gasteiger partial charge in [-0.25, -0.2) is 0 Å². The lowest BCUT2D eigenvalue weighted by atomic mass is 10.2. The maximum Gasteiger partial charge on any atom is 0.0368 e. The minimum absolute atomic E-state index is 0.431. The van der Waals surface area contributed by atoms with E-state index >= 15 is 0 Å². The van der Waals surface area contributed by atoms with Crippen molar-refractivity contribution >= 4 is 15.9 Å². The molecule has 48 valence electrons. The molecule has 0 unspecified atom stereocenters. The first-order valence-electron chi connectivity index (χ1n) is 2.84. The van der Waals surface area contributed by atoms with Crippen molar-refractivity contribution in [2.24, 2.45) is 0 Å². The van der Waals surface area contributed by atoms with Crippen molar-refractivity contribution in [3.8, 4) is 0 Å². The third kappa shape index (κ3) is 1.79. The highest BCUT2D eigenvalue weighted by atomic mass is 79.9. The van der Waals surface area contributed by atoms with Gasteiger partial charge in [-0.1, -0.05) is 15.9 Å². The largest absolute Gasteiger partial charge is 0.265 e. The average molecular weight is 186 g/mol. The van der Waals surface area contributed by atoms with Crippen LogP contribution in [0.1, 0.15) is 17.3 Å². The Morgan fingerprint density at radius 2 is 2.00 bits per heavy atom. The molecule has 0 saturated carbocycles. The second-order valence-corrected chi connectivity index (χ2v) is 3.27. The number of nitrogens with zero attached hydrogens (tertiary/aromatic N) is 1. The lowest BCUT2D eigenvalue weighted by molar-refractivity contribution is 1.10. The van der Waals surface area contributed by atoms with E-state index in [1.165, 1.54) is 5.56 Å². The van der Waals surface area contributed by atoms with E-state index < -0.39 is 0 Å². The smallest absolute Gasteiger partial charge is 0.0368 e. The normalized spacial score (nSPS) is 13.1. The van der Waals surface area contributed by atoms with Crippen molar-refractivity contribution in [2.45, 2.75) is 11.8 Å². The van der Waals surface area contributed by atoms with E-state index in [9.17, 15) is 0 Å². The molecule has 1 atom stereocenters. The molecule has 1 heterocycles. The third-order valence-corrected chi connectivity index (χ3v) is 1.69. The van der Waals surface area contributed by atoms with E-state index in [-0.39, 0.29) is 0 Å². The van der Waals surface area contributed by atoms with Crippen LogP contribution < -0.4 is 0 Å². The minimum Gasteiger partial charge on any atom is -0.265 e. The molecule has 0 spiro atoms. The summed E-state index contributed by atoms with van der Waals surface area (Å²) in [6.07, 6.45) is 3.60.